The lowest BCUT2D eigenvalue weighted by Crippen LogP contribution is -2.28. The minimum Gasteiger partial charge on any atom is -0.492 e. The second-order valence-electron chi connectivity index (χ2n) is 7.75. The number of hydrazone groups is 1. The van der Waals surface area contributed by atoms with E-state index in [0.717, 1.165) is 44.8 Å². The van der Waals surface area contributed by atoms with E-state index in [4.69, 9.17) is 9.84 Å². The third-order valence-corrected chi connectivity index (χ3v) is 6.21. The lowest BCUT2D eigenvalue weighted by atomic mass is 9.77. The number of rotatable bonds is 7. The summed E-state index contributed by atoms with van der Waals surface area (Å²) in [5, 5.41) is 7.08. The molecule has 1 heterocycles. The Morgan fingerprint density at radius 3 is 2.57 bits per heavy atom. The van der Waals surface area contributed by atoms with Crippen LogP contribution in [0.1, 0.15) is 43.0 Å². The molecule has 0 N–H and O–H groups in total. The molecule has 0 aromatic heterocycles. The second-order valence-corrected chi connectivity index (χ2v) is 7.75. The number of hydrogen-bond acceptors (Lipinski definition) is 4. The highest BCUT2D eigenvalue weighted by Crippen LogP contribution is 2.42. The van der Waals surface area contributed by atoms with E-state index in [1.165, 1.54) is 22.4 Å². The van der Waals surface area contributed by atoms with Crippen molar-refractivity contribution >= 4 is 5.71 Å². The van der Waals surface area contributed by atoms with E-state index in [-0.39, 0.29) is 0 Å². The number of ether oxygens (including phenoxy) is 1. The Labute approximate surface area is 168 Å². The lowest BCUT2D eigenvalue weighted by Gasteiger charge is -2.29. The van der Waals surface area contributed by atoms with E-state index in [1.807, 2.05) is 0 Å². The fourth-order valence-corrected chi connectivity index (χ4v) is 4.61. The first-order chi connectivity index (χ1) is 13.7. The summed E-state index contributed by atoms with van der Waals surface area (Å²) in [5.74, 6) is 1.42. The minimum absolute atomic E-state index is 0.313. The Balaban J connectivity index is 1.44. The number of fused-ring (bicyclic) bond motifs is 3. The molecule has 4 heteroatoms. The van der Waals surface area contributed by atoms with Crippen molar-refractivity contribution < 1.29 is 4.74 Å². The number of hydrogen-bond donors (Lipinski definition) is 0. The van der Waals surface area contributed by atoms with Gasteiger partial charge < -0.3 is 9.64 Å². The van der Waals surface area contributed by atoms with Crippen LogP contribution < -0.4 is 4.74 Å². The molecule has 0 amide bonds. The normalized spacial score (nSPS) is 20.7. The highest BCUT2D eigenvalue weighted by molar-refractivity contribution is 6.05. The standard InChI is InChI=1S/C24H31N3O/c1-4-27(5-2)16-17-28-20-13-10-19(11-14-20)24-22-15-12-18-8-6-7-9-21(18)23(22)25-26(24)3/h6-11,13-14,22,24H,4-5,12,15-17H2,1-3H3. The molecule has 0 saturated carbocycles. The van der Waals surface area contributed by atoms with Gasteiger partial charge in [-0.1, -0.05) is 50.2 Å². The maximum atomic E-state index is 5.95. The predicted octanol–water partition coefficient (Wildman–Crippen LogP) is 4.36. The van der Waals surface area contributed by atoms with E-state index >= 15 is 0 Å². The van der Waals surface area contributed by atoms with Crippen LogP contribution in [0.4, 0.5) is 0 Å². The molecule has 1 aliphatic carbocycles. The monoisotopic (exact) mass is 377 g/mol. The Bertz CT molecular complexity index is 826. The molecule has 2 aliphatic rings. The Morgan fingerprint density at radius 1 is 1.07 bits per heavy atom. The van der Waals surface area contributed by atoms with E-state index in [0.29, 0.717) is 12.0 Å². The first-order valence-electron chi connectivity index (χ1n) is 10.6. The van der Waals surface area contributed by atoms with E-state index in [2.05, 4.69) is 79.3 Å². The van der Waals surface area contributed by atoms with E-state index in [1.54, 1.807) is 0 Å². The molecule has 0 saturated heterocycles. The average Bonchev–Trinajstić information content (AvgIpc) is 3.08. The molecule has 1 aliphatic heterocycles. The summed E-state index contributed by atoms with van der Waals surface area (Å²) in [6, 6.07) is 17.7. The maximum Gasteiger partial charge on any atom is 0.119 e. The van der Waals surface area contributed by atoms with Crippen LogP contribution in [0.3, 0.4) is 0 Å². The van der Waals surface area contributed by atoms with Gasteiger partial charge in [0.2, 0.25) is 0 Å². The van der Waals surface area contributed by atoms with Gasteiger partial charge in [0, 0.05) is 25.1 Å². The quantitative estimate of drug-likeness (QED) is 0.718. The Morgan fingerprint density at radius 2 is 1.82 bits per heavy atom. The van der Waals surface area contributed by atoms with E-state index in [9.17, 15) is 0 Å². The number of benzene rings is 2. The molecule has 2 unspecified atom stereocenters. The molecule has 148 valence electrons. The van der Waals surface area contributed by atoms with Crippen LogP contribution in [0.25, 0.3) is 0 Å². The fraction of sp³-hybridized carbons (Fsp3) is 0.458. The van der Waals surface area contributed by atoms with Crippen molar-refractivity contribution in [2.75, 3.05) is 33.3 Å². The highest BCUT2D eigenvalue weighted by atomic mass is 16.5. The zero-order valence-corrected chi connectivity index (χ0v) is 17.3. The number of nitrogens with zero attached hydrogens (tertiary/aromatic N) is 3. The van der Waals surface area contributed by atoms with Gasteiger partial charge in [-0.15, -0.1) is 0 Å². The van der Waals surface area contributed by atoms with Gasteiger partial charge in [0.05, 0.1) is 11.8 Å². The first kappa shape index (κ1) is 19.0. The van der Waals surface area contributed by atoms with Crippen LogP contribution in [0.15, 0.2) is 53.6 Å². The zero-order chi connectivity index (χ0) is 19.5. The van der Waals surface area contributed by atoms with Crippen molar-refractivity contribution in [3.63, 3.8) is 0 Å². The summed E-state index contributed by atoms with van der Waals surface area (Å²) < 4.78 is 5.95. The Kier molecular flexibility index (Phi) is 5.67. The molecule has 28 heavy (non-hydrogen) atoms. The summed E-state index contributed by atoms with van der Waals surface area (Å²) in [6.07, 6.45) is 2.30. The molecular weight excluding hydrogens is 346 g/mol. The van der Waals surface area contributed by atoms with Crippen LogP contribution in [0, 0.1) is 5.92 Å². The topological polar surface area (TPSA) is 28.1 Å². The second kappa shape index (κ2) is 8.36. The molecule has 0 spiro atoms. The predicted molar refractivity (Wildman–Crippen MR) is 115 cm³/mol. The van der Waals surface area contributed by atoms with Crippen molar-refractivity contribution in [2.45, 2.75) is 32.7 Å². The van der Waals surface area contributed by atoms with Gasteiger partial charge in [-0.2, -0.15) is 5.10 Å². The van der Waals surface area contributed by atoms with Gasteiger partial charge in [-0.25, -0.2) is 0 Å². The van der Waals surface area contributed by atoms with Crippen molar-refractivity contribution in [1.82, 2.24) is 9.91 Å². The first-order valence-corrected chi connectivity index (χ1v) is 10.6. The molecule has 2 atom stereocenters. The Hall–Kier alpha value is -2.33. The van der Waals surface area contributed by atoms with E-state index < -0.39 is 0 Å². The molecule has 0 fully saturated rings. The summed E-state index contributed by atoms with van der Waals surface area (Å²) in [7, 11) is 2.10. The van der Waals surface area contributed by atoms with Crippen LogP contribution >= 0.6 is 0 Å². The summed E-state index contributed by atoms with van der Waals surface area (Å²) in [4.78, 5) is 2.38. The molecular formula is C24H31N3O. The summed E-state index contributed by atoms with van der Waals surface area (Å²) in [5.41, 5.74) is 5.35. The van der Waals surface area contributed by atoms with Crippen molar-refractivity contribution in [3.8, 4) is 5.75 Å². The molecule has 2 aromatic carbocycles. The van der Waals surface area contributed by atoms with Gasteiger partial charge in [0.1, 0.15) is 12.4 Å². The third kappa shape index (κ3) is 3.66. The van der Waals surface area contributed by atoms with Gasteiger partial charge >= 0.3 is 0 Å². The molecule has 2 aromatic rings. The maximum absolute atomic E-state index is 5.95. The molecule has 0 bridgehead atoms. The summed E-state index contributed by atoms with van der Waals surface area (Å²) in [6.45, 7) is 8.22. The van der Waals surface area contributed by atoms with Gasteiger partial charge in [-0.05, 0) is 49.2 Å². The third-order valence-electron chi connectivity index (χ3n) is 6.21. The fourth-order valence-electron chi connectivity index (χ4n) is 4.61. The molecule has 4 rings (SSSR count). The zero-order valence-electron chi connectivity index (χ0n) is 17.3. The van der Waals surface area contributed by atoms with Crippen molar-refractivity contribution in [1.29, 1.82) is 0 Å². The minimum atomic E-state index is 0.313. The smallest absolute Gasteiger partial charge is 0.119 e. The summed E-state index contributed by atoms with van der Waals surface area (Å²) >= 11 is 0. The van der Waals surface area contributed by atoms with Crippen LogP contribution in [0.2, 0.25) is 0 Å². The van der Waals surface area contributed by atoms with Crippen LogP contribution in [-0.4, -0.2) is 48.9 Å². The lowest BCUT2D eigenvalue weighted by molar-refractivity contribution is 0.222. The van der Waals surface area contributed by atoms with Crippen LogP contribution in [0.5, 0.6) is 5.75 Å². The number of likely N-dealkylation sites (N-methyl/N-ethyl adjacent to an activating group) is 1. The van der Waals surface area contributed by atoms with Gasteiger partial charge in [0.25, 0.3) is 0 Å². The van der Waals surface area contributed by atoms with Gasteiger partial charge in [0.15, 0.2) is 0 Å². The molecule has 0 radical (unpaired) electrons. The SMILES string of the molecule is CCN(CC)CCOc1ccc(C2C3CCc4ccccc4C3=NN2C)cc1. The van der Waals surface area contributed by atoms with Crippen molar-refractivity contribution in [3.05, 3.63) is 65.2 Å². The largest absolute Gasteiger partial charge is 0.492 e. The number of aryl methyl sites for hydroxylation is 1. The average molecular weight is 378 g/mol. The van der Waals surface area contributed by atoms with Gasteiger partial charge in [-0.3, -0.25) is 5.01 Å². The van der Waals surface area contributed by atoms with Crippen molar-refractivity contribution in [2.24, 2.45) is 11.0 Å². The van der Waals surface area contributed by atoms with Crippen LogP contribution in [-0.2, 0) is 6.42 Å². The molecule has 4 nitrogen and oxygen atoms in total. The highest BCUT2D eigenvalue weighted by Gasteiger charge is 2.39.